The molecule has 0 aliphatic heterocycles. The number of fused-ring (bicyclic) bond motifs is 1. The van der Waals surface area contributed by atoms with Gasteiger partial charge >= 0.3 is 0 Å². The standard InChI is InChI=1S/C13H12N5.CH3.W.Y/c1-8-15-12(14)11-13(16-8)18-10(17-11)7-9-5-3-2-4-6-9;;;/h2-6H,7H2,1H3,(H2-,14,15,16,17,18);1H3;;/q2*-1;;. The molecule has 1 aromatic carbocycles. The molecular weight excluding hydrogens is 511 g/mol. The second-order valence-corrected chi connectivity index (χ2v) is 4.13. The maximum Gasteiger partial charge on any atom is 0.134 e. The Kier molecular flexibility index (Phi) is 8.45. The summed E-state index contributed by atoms with van der Waals surface area (Å²) in [5, 5.41) is 0. The molecule has 0 fully saturated rings. The molecule has 0 aliphatic rings. The van der Waals surface area contributed by atoms with E-state index < -0.39 is 0 Å². The second kappa shape index (κ2) is 8.72. The Morgan fingerprint density at radius 2 is 1.76 bits per heavy atom. The Balaban J connectivity index is 0.00000133. The number of hydrogen-bond donors (Lipinski definition) is 1. The molecule has 3 aromatic rings. The van der Waals surface area contributed by atoms with Crippen LogP contribution in [0.15, 0.2) is 30.3 Å². The van der Waals surface area contributed by atoms with Crippen LogP contribution in [0.3, 0.4) is 0 Å². The molecule has 0 saturated heterocycles. The van der Waals surface area contributed by atoms with E-state index in [2.05, 4.69) is 19.9 Å². The molecule has 0 spiro atoms. The van der Waals surface area contributed by atoms with E-state index in [0.717, 1.165) is 11.4 Å². The zero-order chi connectivity index (χ0) is 12.5. The van der Waals surface area contributed by atoms with E-state index in [1.165, 1.54) is 0 Å². The molecule has 0 amide bonds. The number of aryl methyl sites for hydroxylation is 1. The molecule has 107 valence electrons. The third-order valence-electron chi connectivity index (χ3n) is 2.69. The van der Waals surface area contributed by atoms with Crippen LogP contribution >= 0.6 is 0 Å². The van der Waals surface area contributed by atoms with Crippen LogP contribution in [-0.2, 0) is 60.2 Å². The summed E-state index contributed by atoms with van der Waals surface area (Å²) in [6.07, 6.45) is 0.676. The molecule has 3 rings (SSSR count). The van der Waals surface area contributed by atoms with Crippen molar-refractivity contribution < 1.29 is 53.8 Å². The molecule has 7 heteroatoms. The number of nitrogens with two attached hydrogens (primary N) is 1. The number of imidazole rings is 1. The first kappa shape index (κ1) is 20.4. The molecule has 0 aliphatic carbocycles. The average molecular weight is 526 g/mol. The molecule has 21 heavy (non-hydrogen) atoms. The van der Waals surface area contributed by atoms with Gasteiger partial charge in [0, 0.05) is 71.4 Å². The van der Waals surface area contributed by atoms with Gasteiger partial charge in [-0.3, -0.25) is 0 Å². The summed E-state index contributed by atoms with van der Waals surface area (Å²) >= 11 is 0. The summed E-state index contributed by atoms with van der Waals surface area (Å²) < 4.78 is 0. The van der Waals surface area contributed by atoms with Crippen molar-refractivity contribution in [3.8, 4) is 0 Å². The van der Waals surface area contributed by atoms with Gasteiger partial charge in [-0.2, -0.15) is 0 Å². The fourth-order valence-electron chi connectivity index (χ4n) is 1.89. The van der Waals surface area contributed by atoms with Gasteiger partial charge in [-0.15, -0.1) is 0 Å². The van der Waals surface area contributed by atoms with Gasteiger partial charge < -0.3 is 28.1 Å². The van der Waals surface area contributed by atoms with Gasteiger partial charge in [0.1, 0.15) is 5.82 Å². The van der Waals surface area contributed by atoms with Gasteiger partial charge in [0.15, 0.2) is 0 Å². The molecule has 0 atom stereocenters. The van der Waals surface area contributed by atoms with E-state index in [1.54, 1.807) is 6.92 Å². The maximum atomic E-state index is 5.81. The topological polar surface area (TPSA) is 78.8 Å². The number of rotatable bonds is 2. The first-order valence-corrected chi connectivity index (χ1v) is 5.70. The number of nitrogens with zero attached hydrogens (tertiary/aromatic N) is 4. The Labute approximate surface area is 163 Å². The molecule has 0 unspecified atom stereocenters. The van der Waals surface area contributed by atoms with Crippen LogP contribution in [0, 0.1) is 14.4 Å². The van der Waals surface area contributed by atoms with Crippen LogP contribution < -0.4 is 10.7 Å². The Bertz CT molecular complexity index is 699. The van der Waals surface area contributed by atoms with Crippen molar-refractivity contribution in [3.05, 3.63) is 55.0 Å². The maximum absolute atomic E-state index is 5.81. The summed E-state index contributed by atoms with van der Waals surface area (Å²) in [6.45, 7) is 1.79. The number of nitrogen functional groups attached to an aromatic ring is 1. The number of hydrogen-bond acceptors (Lipinski definition) is 4. The van der Waals surface area contributed by atoms with Gasteiger partial charge in [0.05, 0.1) is 5.82 Å². The van der Waals surface area contributed by atoms with Crippen LogP contribution in [-0.4, -0.2) is 15.0 Å². The number of anilines is 1. The second-order valence-electron chi connectivity index (χ2n) is 4.13. The summed E-state index contributed by atoms with van der Waals surface area (Å²) in [4.78, 5) is 17.1. The Hall–Kier alpha value is -0.638. The fraction of sp³-hybridized carbons (Fsp3) is 0.143. The quantitative estimate of drug-likeness (QED) is 0.517. The monoisotopic (exact) mass is 526 g/mol. The molecule has 2 heterocycles. The zero-order valence-electron chi connectivity index (χ0n) is 11.9. The molecule has 5 nitrogen and oxygen atoms in total. The van der Waals surface area contributed by atoms with E-state index in [9.17, 15) is 0 Å². The predicted octanol–water partition coefficient (Wildman–Crippen LogP) is 1.91. The van der Waals surface area contributed by atoms with Crippen LogP contribution in [0.2, 0.25) is 0 Å². The smallest absolute Gasteiger partial charge is 0.134 e. The van der Waals surface area contributed by atoms with E-state index in [0.29, 0.717) is 29.2 Å². The normalized spacial score (nSPS) is 9.38. The zero-order valence-corrected chi connectivity index (χ0v) is 17.7. The van der Waals surface area contributed by atoms with Gasteiger partial charge in [0.25, 0.3) is 0 Å². The van der Waals surface area contributed by atoms with Crippen LogP contribution in [0.4, 0.5) is 5.82 Å². The molecule has 2 N–H and O–H groups in total. The van der Waals surface area contributed by atoms with Crippen molar-refractivity contribution in [3.63, 3.8) is 0 Å². The molecule has 0 saturated carbocycles. The largest absolute Gasteiger partial charge is 0.383 e. The summed E-state index contributed by atoms with van der Waals surface area (Å²) in [5.41, 5.74) is 8.14. The number of benzene rings is 1. The van der Waals surface area contributed by atoms with E-state index >= 15 is 0 Å². The van der Waals surface area contributed by atoms with Crippen LogP contribution in [0.5, 0.6) is 0 Å². The predicted molar refractivity (Wildman–Crippen MR) is 75.5 cm³/mol. The van der Waals surface area contributed by atoms with Crippen molar-refractivity contribution in [2.75, 3.05) is 5.73 Å². The third-order valence-corrected chi connectivity index (χ3v) is 2.69. The molecule has 1 radical (unpaired) electrons. The fourth-order valence-corrected chi connectivity index (χ4v) is 1.89. The van der Waals surface area contributed by atoms with Crippen molar-refractivity contribution in [2.24, 2.45) is 0 Å². The van der Waals surface area contributed by atoms with E-state index in [1.807, 2.05) is 30.3 Å². The first-order chi connectivity index (χ1) is 8.72. The van der Waals surface area contributed by atoms with Crippen LogP contribution in [0.25, 0.3) is 11.2 Å². The van der Waals surface area contributed by atoms with E-state index in [4.69, 9.17) is 5.73 Å². The van der Waals surface area contributed by atoms with E-state index in [-0.39, 0.29) is 61.2 Å². The molecule has 0 bridgehead atoms. The van der Waals surface area contributed by atoms with Gasteiger partial charge in [-0.25, -0.2) is 4.98 Å². The van der Waals surface area contributed by atoms with Gasteiger partial charge in [0.2, 0.25) is 0 Å². The van der Waals surface area contributed by atoms with Gasteiger partial charge in [-0.1, -0.05) is 30.3 Å². The Morgan fingerprint density at radius 1 is 1.10 bits per heavy atom. The van der Waals surface area contributed by atoms with Gasteiger partial charge in [-0.05, 0) is 18.3 Å². The minimum Gasteiger partial charge on any atom is -0.383 e. The first-order valence-electron chi connectivity index (χ1n) is 5.70. The van der Waals surface area contributed by atoms with Crippen LogP contribution in [0.1, 0.15) is 17.2 Å². The molecular formula is C14H15N5WY-2. The minimum absolute atomic E-state index is 0. The van der Waals surface area contributed by atoms with Crippen molar-refractivity contribution in [1.29, 1.82) is 0 Å². The number of aromatic nitrogens is 4. The van der Waals surface area contributed by atoms with Crippen molar-refractivity contribution >= 4 is 17.0 Å². The summed E-state index contributed by atoms with van der Waals surface area (Å²) in [7, 11) is 0. The molecule has 2 aromatic heterocycles. The Morgan fingerprint density at radius 3 is 2.43 bits per heavy atom. The average Bonchev–Trinajstić information content (AvgIpc) is 2.73. The van der Waals surface area contributed by atoms with Crippen molar-refractivity contribution in [1.82, 2.24) is 19.9 Å². The summed E-state index contributed by atoms with van der Waals surface area (Å²) in [6, 6.07) is 10.1. The SMILES string of the molecule is Cc1nc(N)c2nc(Cc3ccccc3)[n-]c2n1.[CH3-].[W].[Y]. The summed E-state index contributed by atoms with van der Waals surface area (Å²) in [5.74, 6) is 1.73. The third kappa shape index (κ3) is 4.67. The van der Waals surface area contributed by atoms with Crippen molar-refractivity contribution in [2.45, 2.75) is 13.3 Å². The minimum atomic E-state index is 0.